The van der Waals surface area contributed by atoms with Crippen molar-refractivity contribution in [3.8, 4) is 40.1 Å². The first kappa shape index (κ1) is 29.8. The van der Waals surface area contributed by atoms with Crippen LogP contribution in [-0.2, 0) is 0 Å². The molecule has 0 bridgehead atoms. The van der Waals surface area contributed by atoms with Crippen LogP contribution in [0.25, 0.3) is 22.3 Å². The fourth-order valence-corrected chi connectivity index (χ4v) is 4.64. The number of aromatic nitrogens is 2. The number of hydrogen-bond acceptors (Lipinski definition) is 9. The molecule has 0 fully saturated rings. The predicted octanol–water partition coefficient (Wildman–Crippen LogP) is 5.90. The maximum atomic E-state index is 13.7. The van der Waals surface area contributed by atoms with Gasteiger partial charge in [0, 0.05) is 5.56 Å². The van der Waals surface area contributed by atoms with E-state index in [-0.39, 0.29) is 17.1 Å². The minimum Gasteiger partial charge on any atom is -0.493 e. The van der Waals surface area contributed by atoms with Crippen LogP contribution in [0.4, 0.5) is 0 Å². The van der Waals surface area contributed by atoms with E-state index in [2.05, 4.69) is 5.10 Å². The van der Waals surface area contributed by atoms with E-state index in [1.807, 2.05) is 26.0 Å². The molecular weight excluding hydrogens is 562 g/mol. The van der Waals surface area contributed by atoms with E-state index in [9.17, 15) is 9.59 Å². The fourth-order valence-electron chi connectivity index (χ4n) is 4.64. The SMILES string of the molecule is CCOc1cc(C=Nn2c(-c3cc(OC)c(OC)c(OC)c3)nc3ccccc3c2=O)ccc1OC(=O)c1cccc(C)c1. The number of esters is 1. The second kappa shape index (κ2) is 13.1. The predicted molar refractivity (Wildman–Crippen MR) is 168 cm³/mol. The molecule has 10 nitrogen and oxygen atoms in total. The first-order valence-electron chi connectivity index (χ1n) is 13.8. The normalized spacial score (nSPS) is 11.0. The lowest BCUT2D eigenvalue weighted by Gasteiger charge is -2.15. The molecule has 0 atom stereocenters. The summed E-state index contributed by atoms with van der Waals surface area (Å²) < 4.78 is 29.2. The van der Waals surface area contributed by atoms with E-state index in [1.165, 1.54) is 32.2 Å². The van der Waals surface area contributed by atoms with Gasteiger partial charge in [0.25, 0.3) is 5.56 Å². The number of methoxy groups -OCH3 is 3. The van der Waals surface area contributed by atoms with Gasteiger partial charge in [0.2, 0.25) is 5.75 Å². The van der Waals surface area contributed by atoms with Gasteiger partial charge < -0.3 is 23.7 Å². The monoisotopic (exact) mass is 593 g/mol. The van der Waals surface area contributed by atoms with Gasteiger partial charge in [-0.05, 0) is 74.0 Å². The third-order valence-electron chi connectivity index (χ3n) is 6.72. The van der Waals surface area contributed by atoms with E-state index >= 15 is 0 Å². The van der Waals surface area contributed by atoms with E-state index in [0.717, 1.165) is 5.56 Å². The molecule has 5 aromatic rings. The molecule has 1 aromatic heterocycles. The first-order chi connectivity index (χ1) is 21.4. The molecule has 0 N–H and O–H groups in total. The lowest BCUT2D eigenvalue weighted by Crippen LogP contribution is -2.20. The first-order valence-corrected chi connectivity index (χ1v) is 13.8. The van der Waals surface area contributed by atoms with Gasteiger partial charge in [0.1, 0.15) is 0 Å². The summed E-state index contributed by atoms with van der Waals surface area (Å²) in [6.07, 6.45) is 1.51. The number of carbonyl (C=O) groups excluding carboxylic acids is 1. The van der Waals surface area contributed by atoms with Crippen molar-refractivity contribution >= 4 is 23.1 Å². The zero-order chi connectivity index (χ0) is 31.2. The number of fused-ring (bicyclic) bond motifs is 1. The van der Waals surface area contributed by atoms with Gasteiger partial charge in [-0.1, -0.05) is 29.8 Å². The van der Waals surface area contributed by atoms with Crippen molar-refractivity contribution in [3.63, 3.8) is 0 Å². The van der Waals surface area contributed by atoms with Gasteiger partial charge in [-0.25, -0.2) is 9.78 Å². The third kappa shape index (κ3) is 6.10. The number of ether oxygens (including phenoxy) is 5. The molecule has 0 aliphatic rings. The number of aryl methyl sites for hydroxylation is 1. The Labute approximate surface area is 254 Å². The molecule has 0 spiro atoms. The van der Waals surface area contributed by atoms with Crippen LogP contribution in [-0.4, -0.2) is 49.8 Å². The van der Waals surface area contributed by atoms with Crippen LogP contribution < -0.4 is 29.2 Å². The van der Waals surface area contributed by atoms with Gasteiger partial charge >= 0.3 is 5.97 Å². The molecule has 5 rings (SSSR count). The van der Waals surface area contributed by atoms with Crippen molar-refractivity contribution in [1.29, 1.82) is 0 Å². The molecule has 0 aliphatic carbocycles. The Kier molecular flexibility index (Phi) is 8.90. The van der Waals surface area contributed by atoms with Gasteiger partial charge in [0.15, 0.2) is 28.8 Å². The second-order valence-electron chi connectivity index (χ2n) is 9.63. The van der Waals surface area contributed by atoms with Crippen LogP contribution in [0.15, 0.2) is 88.8 Å². The minimum atomic E-state index is -0.500. The molecule has 0 amide bonds. The quantitative estimate of drug-likeness (QED) is 0.112. The van der Waals surface area contributed by atoms with Crippen LogP contribution >= 0.6 is 0 Å². The summed E-state index contributed by atoms with van der Waals surface area (Å²) >= 11 is 0. The van der Waals surface area contributed by atoms with Crippen molar-refractivity contribution in [2.75, 3.05) is 27.9 Å². The largest absolute Gasteiger partial charge is 0.493 e. The average Bonchev–Trinajstić information content (AvgIpc) is 3.04. The van der Waals surface area contributed by atoms with Crippen LogP contribution in [0.1, 0.15) is 28.4 Å². The average molecular weight is 594 g/mol. The van der Waals surface area contributed by atoms with Crippen LogP contribution in [0.2, 0.25) is 0 Å². The van der Waals surface area contributed by atoms with E-state index in [0.29, 0.717) is 57.2 Å². The number of para-hydroxylation sites is 1. The number of nitrogens with zero attached hydrogens (tertiary/aromatic N) is 3. The molecule has 10 heteroatoms. The summed E-state index contributed by atoms with van der Waals surface area (Å²) in [5, 5.41) is 4.94. The van der Waals surface area contributed by atoms with Gasteiger partial charge in [-0.15, -0.1) is 0 Å². The van der Waals surface area contributed by atoms with Crippen LogP contribution in [0.5, 0.6) is 28.7 Å². The third-order valence-corrected chi connectivity index (χ3v) is 6.72. The molecule has 44 heavy (non-hydrogen) atoms. The lowest BCUT2D eigenvalue weighted by atomic mass is 10.1. The van der Waals surface area contributed by atoms with Crippen molar-refractivity contribution < 1.29 is 28.5 Å². The maximum absolute atomic E-state index is 13.7. The standard InChI is InChI=1S/C34H31N3O7/c1-6-43-28-17-22(14-15-27(28)44-34(39)23-11-9-10-21(2)16-23)20-35-37-32(36-26-13-8-7-12-25(26)33(37)38)24-18-29(40-3)31(42-5)30(19-24)41-4/h7-20H,6H2,1-5H3. The second-order valence-corrected chi connectivity index (χ2v) is 9.63. The number of rotatable bonds is 10. The Hall–Kier alpha value is -5.64. The van der Waals surface area contributed by atoms with E-state index in [4.69, 9.17) is 28.7 Å². The minimum absolute atomic E-state index is 0.262. The fraction of sp³-hybridized carbons (Fsp3) is 0.176. The Morgan fingerprint density at radius 3 is 2.30 bits per heavy atom. The van der Waals surface area contributed by atoms with E-state index in [1.54, 1.807) is 66.7 Å². The molecular formula is C34H31N3O7. The zero-order valence-electron chi connectivity index (χ0n) is 25.0. The highest BCUT2D eigenvalue weighted by molar-refractivity contribution is 5.92. The van der Waals surface area contributed by atoms with Gasteiger partial charge in [0.05, 0.1) is 50.6 Å². The lowest BCUT2D eigenvalue weighted by molar-refractivity contribution is 0.0728. The molecule has 4 aromatic carbocycles. The maximum Gasteiger partial charge on any atom is 0.343 e. The molecule has 0 unspecified atom stereocenters. The molecule has 0 radical (unpaired) electrons. The molecule has 0 saturated heterocycles. The van der Waals surface area contributed by atoms with Crippen molar-refractivity contribution in [2.45, 2.75) is 13.8 Å². The summed E-state index contributed by atoms with van der Waals surface area (Å²) in [5.74, 6) is 1.58. The topological polar surface area (TPSA) is 110 Å². The Balaban J connectivity index is 1.58. The summed E-state index contributed by atoms with van der Waals surface area (Å²) in [7, 11) is 4.54. The molecule has 0 aliphatic heterocycles. The molecule has 0 saturated carbocycles. The molecule has 1 heterocycles. The highest BCUT2D eigenvalue weighted by Crippen LogP contribution is 2.41. The number of carbonyl (C=O) groups is 1. The Bertz CT molecular complexity index is 1910. The Morgan fingerprint density at radius 2 is 1.61 bits per heavy atom. The van der Waals surface area contributed by atoms with Crippen LogP contribution in [0, 0.1) is 6.92 Å². The summed E-state index contributed by atoms with van der Waals surface area (Å²) in [6.45, 7) is 4.08. The number of hydrogen-bond donors (Lipinski definition) is 0. The summed E-state index contributed by atoms with van der Waals surface area (Å²) in [5.41, 5.74) is 2.63. The number of benzene rings is 4. The highest BCUT2D eigenvalue weighted by atomic mass is 16.6. The summed E-state index contributed by atoms with van der Waals surface area (Å²) in [6, 6.07) is 22.6. The van der Waals surface area contributed by atoms with E-state index < -0.39 is 5.97 Å². The van der Waals surface area contributed by atoms with Crippen molar-refractivity contribution in [2.24, 2.45) is 5.10 Å². The van der Waals surface area contributed by atoms with Gasteiger partial charge in [-0.2, -0.15) is 9.78 Å². The smallest absolute Gasteiger partial charge is 0.343 e. The van der Waals surface area contributed by atoms with Gasteiger partial charge in [-0.3, -0.25) is 4.79 Å². The van der Waals surface area contributed by atoms with Crippen LogP contribution in [0.3, 0.4) is 0 Å². The summed E-state index contributed by atoms with van der Waals surface area (Å²) in [4.78, 5) is 31.3. The Morgan fingerprint density at radius 1 is 0.864 bits per heavy atom. The molecule has 224 valence electrons. The van der Waals surface area contributed by atoms with Crippen molar-refractivity contribution in [1.82, 2.24) is 9.66 Å². The zero-order valence-corrected chi connectivity index (χ0v) is 25.0. The highest BCUT2D eigenvalue weighted by Gasteiger charge is 2.19. The van der Waals surface area contributed by atoms with Crippen molar-refractivity contribution in [3.05, 3.63) is 106 Å².